The zero-order valence-corrected chi connectivity index (χ0v) is 16.7. The minimum atomic E-state index is -0.965. The van der Waals surface area contributed by atoms with Gasteiger partial charge in [-0.1, -0.05) is 60.7 Å². The predicted molar refractivity (Wildman–Crippen MR) is 114 cm³/mol. The monoisotopic (exact) mass is 373 g/mol. The van der Waals surface area contributed by atoms with E-state index in [9.17, 15) is 5.11 Å². The van der Waals surface area contributed by atoms with Crippen LogP contribution in [0.3, 0.4) is 0 Å². The van der Waals surface area contributed by atoms with Crippen molar-refractivity contribution in [3.8, 4) is 16.9 Å². The van der Waals surface area contributed by atoms with Crippen LogP contribution in [0, 0.1) is 0 Å². The molecule has 0 saturated carbocycles. The van der Waals surface area contributed by atoms with E-state index in [1.54, 1.807) is 7.11 Å². The lowest BCUT2D eigenvalue weighted by Crippen LogP contribution is -2.41. The summed E-state index contributed by atoms with van der Waals surface area (Å²) in [6.45, 7) is 3.61. The number of ether oxygens (including phenoxy) is 1. The van der Waals surface area contributed by atoms with Crippen molar-refractivity contribution in [2.75, 3.05) is 20.7 Å². The molecule has 0 aromatic heterocycles. The molecule has 3 aromatic carbocycles. The highest BCUT2D eigenvalue weighted by Crippen LogP contribution is 2.42. The average Bonchev–Trinajstić information content (AvgIpc) is 2.73. The second kappa shape index (κ2) is 7.42. The Labute approximate surface area is 167 Å². The Morgan fingerprint density at radius 2 is 1.64 bits per heavy atom. The first-order valence-electron chi connectivity index (χ1n) is 9.72. The summed E-state index contributed by atoms with van der Waals surface area (Å²) in [5.74, 6) is 0.856. The summed E-state index contributed by atoms with van der Waals surface area (Å²) in [6.07, 6.45) is 0. The van der Waals surface area contributed by atoms with Gasteiger partial charge in [0.25, 0.3) is 0 Å². The minimum Gasteiger partial charge on any atom is -0.497 e. The van der Waals surface area contributed by atoms with Crippen molar-refractivity contribution < 1.29 is 9.84 Å². The first-order chi connectivity index (χ1) is 13.5. The van der Waals surface area contributed by atoms with Gasteiger partial charge >= 0.3 is 0 Å². The summed E-state index contributed by atoms with van der Waals surface area (Å²) in [5.41, 5.74) is 4.74. The van der Waals surface area contributed by atoms with E-state index in [0.717, 1.165) is 30.0 Å². The molecular formula is C25H27NO2. The molecule has 144 valence electrons. The van der Waals surface area contributed by atoms with Crippen LogP contribution in [-0.2, 0) is 12.1 Å². The highest BCUT2D eigenvalue weighted by Gasteiger charge is 2.39. The fourth-order valence-corrected chi connectivity index (χ4v) is 4.26. The molecule has 1 heterocycles. The van der Waals surface area contributed by atoms with Gasteiger partial charge in [-0.3, -0.25) is 0 Å². The molecule has 0 bridgehead atoms. The Bertz CT molecular complexity index is 948. The summed E-state index contributed by atoms with van der Waals surface area (Å²) < 4.78 is 5.40. The van der Waals surface area contributed by atoms with Crippen molar-refractivity contribution in [3.05, 3.63) is 89.5 Å². The molecule has 3 nitrogen and oxygen atoms in total. The first-order valence-corrected chi connectivity index (χ1v) is 9.72. The number of nitrogens with zero attached hydrogens (tertiary/aromatic N) is 1. The van der Waals surface area contributed by atoms with E-state index in [0.29, 0.717) is 0 Å². The number of aliphatic hydroxyl groups is 1. The fraction of sp³-hybridized carbons (Fsp3) is 0.280. The van der Waals surface area contributed by atoms with Crippen LogP contribution >= 0.6 is 0 Å². The molecule has 0 spiro atoms. The van der Waals surface area contributed by atoms with Crippen molar-refractivity contribution in [3.63, 3.8) is 0 Å². The third-order valence-electron chi connectivity index (χ3n) is 5.92. The molecule has 3 heteroatoms. The summed E-state index contributed by atoms with van der Waals surface area (Å²) >= 11 is 0. The molecule has 0 saturated heterocycles. The van der Waals surface area contributed by atoms with Crippen LogP contribution in [0.25, 0.3) is 11.1 Å². The smallest absolute Gasteiger partial charge is 0.119 e. The summed E-state index contributed by atoms with van der Waals surface area (Å²) in [7, 11) is 3.79. The highest BCUT2D eigenvalue weighted by atomic mass is 16.5. The number of fused-ring (bicyclic) bond motifs is 1. The quantitative estimate of drug-likeness (QED) is 0.713. The highest BCUT2D eigenvalue weighted by molar-refractivity contribution is 5.63. The molecule has 0 radical (unpaired) electrons. The van der Waals surface area contributed by atoms with Gasteiger partial charge < -0.3 is 14.7 Å². The molecule has 4 rings (SSSR count). The van der Waals surface area contributed by atoms with Crippen LogP contribution in [0.15, 0.2) is 72.8 Å². The van der Waals surface area contributed by atoms with Gasteiger partial charge in [-0.15, -0.1) is 0 Å². The zero-order valence-electron chi connectivity index (χ0n) is 16.7. The topological polar surface area (TPSA) is 32.7 Å². The minimum absolute atomic E-state index is 0.00488. The fourth-order valence-electron chi connectivity index (χ4n) is 4.26. The molecule has 3 aromatic rings. The number of rotatable bonds is 4. The Balaban J connectivity index is 1.68. The van der Waals surface area contributed by atoms with E-state index in [2.05, 4.69) is 60.5 Å². The van der Waals surface area contributed by atoms with Gasteiger partial charge in [0.15, 0.2) is 0 Å². The number of hydrogen-bond donors (Lipinski definition) is 1. The van der Waals surface area contributed by atoms with Gasteiger partial charge in [0.1, 0.15) is 5.75 Å². The molecule has 1 aliphatic heterocycles. The van der Waals surface area contributed by atoms with Gasteiger partial charge in [0.05, 0.1) is 12.7 Å². The summed E-state index contributed by atoms with van der Waals surface area (Å²) in [4.78, 5) is 2.26. The second-order valence-electron chi connectivity index (χ2n) is 7.90. The third kappa shape index (κ3) is 3.44. The predicted octanol–water partition coefficient (Wildman–Crippen LogP) is 4.80. The first kappa shape index (κ1) is 18.7. The van der Waals surface area contributed by atoms with Gasteiger partial charge in [-0.05, 0) is 53.9 Å². The van der Waals surface area contributed by atoms with Gasteiger partial charge in [-0.2, -0.15) is 0 Å². The molecule has 0 amide bonds. The van der Waals surface area contributed by atoms with Crippen LogP contribution < -0.4 is 4.74 Å². The molecule has 1 aliphatic rings. The molecule has 0 fully saturated rings. The van der Waals surface area contributed by atoms with Gasteiger partial charge in [-0.25, -0.2) is 0 Å². The van der Waals surface area contributed by atoms with Crippen LogP contribution in [0.2, 0.25) is 0 Å². The number of likely N-dealkylation sites (N-methyl/N-ethyl adjacent to an activating group) is 1. The maximum absolute atomic E-state index is 11.6. The van der Waals surface area contributed by atoms with Crippen LogP contribution in [0.4, 0.5) is 0 Å². The van der Waals surface area contributed by atoms with Crippen molar-refractivity contribution in [2.24, 2.45) is 0 Å². The van der Waals surface area contributed by atoms with E-state index in [1.165, 1.54) is 16.7 Å². The second-order valence-corrected chi connectivity index (χ2v) is 7.90. The average molecular weight is 373 g/mol. The molecule has 1 N–H and O–H groups in total. The molecule has 0 aliphatic carbocycles. The van der Waals surface area contributed by atoms with E-state index in [-0.39, 0.29) is 5.92 Å². The van der Waals surface area contributed by atoms with E-state index in [4.69, 9.17) is 4.74 Å². The maximum Gasteiger partial charge on any atom is 0.119 e. The SMILES string of the molecule is COc1ccc2c(c1)CN(C)CC2C(C)(O)c1ccc(-c2ccccc2)cc1. The Hall–Kier alpha value is -2.62. The normalized spacial score (nSPS) is 18.9. The lowest BCUT2D eigenvalue weighted by Gasteiger charge is -2.41. The van der Waals surface area contributed by atoms with Crippen molar-refractivity contribution in [1.82, 2.24) is 4.90 Å². The zero-order chi connectivity index (χ0) is 19.7. The van der Waals surface area contributed by atoms with Gasteiger partial charge in [0.2, 0.25) is 0 Å². The lowest BCUT2D eigenvalue weighted by atomic mass is 9.75. The van der Waals surface area contributed by atoms with E-state index in [1.807, 2.05) is 31.2 Å². The summed E-state index contributed by atoms with van der Waals surface area (Å²) in [6, 6.07) is 24.8. The largest absolute Gasteiger partial charge is 0.497 e. The molecular weight excluding hydrogens is 346 g/mol. The van der Waals surface area contributed by atoms with Crippen LogP contribution in [-0.4, -0.2) is 30.7 Å². The van der Waals surface area contributed by atoms with Crippen LogP contribution in [0.5, 0.6) is 5.75 Å². The Kier molecular flexibility index (Phi) is 4.96. The molecule has 28 heavy (non-hydrogen) atoms. The Morgan fingerprint density at radius 3 is 2.32 bits per heavy atom. The van der Waals surface area contributed by atoms with Crippen molar-refractivity contribution >= 4 is 0 Å². The van der Waals surface area contributed by atoms with Crippen molar-refractivity contribution in [2.45, 2.75) is 25.0 Å². The van der Waals surface area contributed by atoms with E-state index < -0.39 is 5.60 Å². The number of benzene rings is 3. The van der Waals surface area contributed by atoms with Gasteiger partial charge in [0, 0.05) is 19.0 Å². The van der Waals surface area contributed by atoms with Crippen molar-refractivity contribution in [1.29, 1.82) is 0 Å². The summed E-state index contributed by atoms with van der Waals surface area (Å²) in [5, 5.41) is 11.6. The Morgan fingerprint density at radius 1 is 0.964 bits per heavy atom. The molecule has 2 atom stereocenters. The van der Waals surface area contributed by atoms with E-state index >= 15 is 0 Å². The standard InChI is InChI=1S/C25H27NO2/c1-25(27,21-11-9-19(10-12-21)18-7-5-4-6-8-18)24-17-26(2)16-20-15-22(28-3)13-14-23(20)24/h4-15,24,27H,16-17H2,1-3H3. The number of hydrogen-bond acceptors (Lipinski definition) is 3. The third-order valence-corrected chi connectivity index (χ3v) is 5.92. The number of methoxy groups -OCH3 is 1. The maximum atomic E-state index is 11.6. The van der Waals surface area contributed by atoms with Crippen LogP contribution in [0.1, 0.15) is 29.5 Å². The molecule has 2 unspecified atom stereocenters. The lowest BCUT2D eigenvalue weighted by molar-refractivity contribution is 0.00977.